The van der Waals surface area contributed by atoms with Crippen molar-refractivity contribution in [2.24, 2.45) is 11.3 Å². The Morgan fingerprint density at radius 2 is 1.67 bits per heavy atom. The number of halogens is 2. The number of carbonyl (C=O) groups excluding carboxylic acids is 1. The van der Waals surface area contributed by atoms with Crippen LogP contribution in [0, 0.1) is 11.3 Å². The Morgan fingerprint density at radius 3 is 2.00 bits per heavy atom. The monoisotopic (exact) mass is 261 g/mol. The SMILES string of the molecule is CC(C)(C)C(=O)C1CC(C(F)F)CN1C(C)(C)C. The van der Waals surface area contributed by atoms with Gasteiger partial charge in [0.1, 0.15) is 0 Å². The molecule has 1 aliphatic rings. The fraction of sp³-hybridized carbons (Fsp3) is 0.929. The highest BCUT2D eigenvalue weighted by Crippen LogP contribution is 2.36. The number of ketones is 1. The van der Waals surface area contributed by atoms with Crippen LogP contribution in [0.3, 0.4) is 0 Å². The quantitative estimate of drug-likeness (QED) is 0.759. The smallest absolute Gasteiger partial charge is 0.242 e. The summed E-state index contributed by atoms with van der Waals surface area (Å²) in [4.78, 5) is 14.3. The molecule has 2 atom stereocenters. The zero-order chi connectivity index (χ0) is 14.3. The number of rotatable bonds is 2. The predicted octanol–water partition coefficient (Wildman–Crippen LogP) is 3.36. The number of likely N-dealkylation sites (tertiary alicyclic amines) is 1. The maximum absolute atomic E-state index is 12.9. The van der Waals surface area contributed by atoms with Crippen molar-refractivity contribution in [3.63, 3.8) is 0 Å². The van der Waals surface area contributed by atoms with E-state index >= 15 is 0 Å². The number of carbonyl (C=O) groups is 1. The van der Waals surface area contributed by atoms with Gasteiger partial charge in [-0.1, -0.05) is 20.8 Å². The lowest BCUT2D eigenvalue weighted by Crippen LogP contribution is -2.50. The first-order valence-electron chi connectivity index (χ1n) is 6.54. The molecule has 106 valence electrons. The Kier molecular flexibility index (Phi) is 4.21. The first kappa shape index (κ1) is 15.5. The second-order valence-electron chi connectivity index (χ2n) is 7.28. The molecule has 0 bridgehead atoms. The topological polar surface area (TPSA) is 20.3 Å². The van der Waals surface area contributed by atoms with Crippen molar-refractivity contribution in [1.82, 2.24) is 4.90 Å². The van der Waals surface area contributed by atoms with Gasteiger partial charge in [-0.15, -0.1) is 0 Å². The van der Waals surface area contributed by atoms with Crippen LogP contribution in [0.1, 0.15) is 48.0 Å². The summed E-state index contributed by atoms with van der Waals surface area (Å²) in [6.45, 7) is 11.8. The third-order valence-electron chi connectivity index (χ3n) is 3.59. The Hall–Kier alpha value is -0.510. The van der Waals surface area contributed by atoms with E-state index in [2.05, 4.69) is 0 Å². The van der Waals surface area contributed by atoms with Crippen molar-refractivity contribution in [2.75, 3.05) is 6.54 Å². The van der Waals surface area contributed by atoms with Gasteiger partial charge in [0, 0.05) is 23.4 Å². The van der Waals surface area contributed by atoms with Crippen LogP contribution >= 0.6 is 0 Å². The summed E-state index contributed by atoms with van der Waals surface area (Å²) in [6.07, 6.45) is -2.06. The summed E-state index contributed by atoms with van der Waals surface area (Å²) in [5, 5.41) is 0. The number of hydrogen-bond donors (Lipinski definition) is 0. The van der Waals surface area contributed by atoms with E-state index in [-0.39, 0.29) is 23.8 Å². The normalized spacial score (nSPS) is 26.9. The van der Waals surface area contributed by atoms with Gasteiger partial charge < -0.3 is 0 Å². The van der Waals surface area contributed by atoms with E-state index < -0.39 is 17.8 Å². The van der Waals surface area contributed by atoms with Crippen LogP contribution in [-0.4, -0.2) is 35.2 Å². The van der Waals surface area contributed by atoms with Crippen molar-refractivity contribution in [3.8, 4) is 0 Å². The van der Waals surface area contributed by atoms with E-state index in [1.807, 2.05) is 46.4 Å². The van der Waals surface area contributed by atoms with E-state index in [1.54, 1.807) is 0 Å². The average Bonchev–Trinajstić information content (AvgIpc) is 2.58. The molecule has 18 heavy (non-hydrogen) atoms. The Labute approximate surface area is 109 Å². The highest BCUT2D eigenvalue weighted by atomic mass is 19.3. The van der Waals surface area contributed by atoms with Gasteiger partial charge in [-0.3, -0.25) is 9.69 Å². The van der Waals surface area contributed by atoms with Crippen molar-refractivity contribution < 1.29 is 13.6 Å². The standard InChI is InChI=1S/C14H25F2NO/c1-13(2,3)11(18)10-7-9(12(15)16)8-17(10)14(4,5)6/h9-10,12H,7-8H2,1-6H3. The minimum absolute atomic E-state index is 0.0700. The zero-order valence-electron chi connectivity index (χ0n) is 12.3. The molecule has 0 N–H and O–H groups in total. The predicted molar refractivity (Wildman–Crippen MR) is 68.8 cm³/mol. The first-order valence-corrected chi connectivity index (χ1v) is 6.54. The van der Waals surface area contributed by atoms with Gasteiger partial charge in [-0.25, -0.2) is 8.78 Å². The van der Waals surface area contributed by atoms with Crippen LogP contribution in [-0.2, 0) is 4.79 Å². The maximum Gasteiger partial charge on any atom is 0.242 e. The van der Waals surface area contributed by atoms with Gasteiger partial charge in [0.15, 0.2) is 5.78 Å². The number of Topliss-reactive ketones (excluding diaryl/α,β-unsaturated/α-hetero) is 1. The van der Waals surface area contributed by atoms with E-state index in [9.17, 15) is 13.6 Å². The molecule has 0 aliphatic carbocycles. The molecule has 0 aromatic heterocycles. The first-order chi connectivity index (χ1) is 7.94. The lowest BCUT2D eigenvalue weighted by molar-refractivity contribution is -0.132. The second kappa shape index (κ2) is 4.87. The van der Waals surface area contributed by atoms with Gasteiger partial charge in [0.25, 0.3) is 0 Å². The van der Waals surface area contributed by atoms with E-state index in [4.69, 9.17) is 0 Å². The van der Waals surface area contributed by atoms with Crippen molar-refractivity contribution in [3.05, 3.63) is 0 Å². The molecule has 1 aliphatic heterocycles. The van der Waals surface area contributed by atoms with Gasteiger partial charge in [-0.05, 0) is 27.2 Å². The summed E-state index contributed by atoms with van der Waals surface area (Å²) >= 11 is 0. The largest absolute Gasteiger partial charge is 0.297 e. The molecule has 0 amide bonds. The number of alkyl halides is 2. The molecular formula is C14H25F2NO. The molecule has 2 nitrogen and oxygen atoms in total. The van der Waals surface area contributed by atoms with Crippen molar-refractivity contribution >= 4 is 5.78 Å². The van der Waals surface area contributed by atoms with Gasteiger partial charge in [0.05, 0.1) is 6.04 Å². The molecule has 0 aromatic carbocycles. The lowest BCUT2D eigenvalue weighted by Gasteiger charge is -2.38. The molecule has 4 heteroatoms. The summed E-state index contributed by atoms with van der Waals surface area (Å²) < 4.78 is 25.8. The molecule has 1 rings (SSSR count). The van der Waals surface area contributed by atoms with E-state index in [0.29, 0.717) is 6.54 Å². The fourth-order valence-electron chi connectivity index (χ4n) is 2.54. The van der Waals surface area contributed by atoms with Crippen LogP contribution in [0.25, 0.3) is 0 Å². The van der Waals surface area contributed by atoms with E-state index in [1.165, 1.54) is 0 Å². The second-order valence-corrected chi connectivity index (χ2v) is 7.28. The maximum atomic E-state index is 12.9. The highest BCUT2D eigenvalue weighted by Gasteiger charge is 2.46. The molecule has 1 saturated heterocycles. The Morgan fingerprint density at radius 1 is 1.17 bits per heavy atom. The van der Waals surface area contributed by atoms with Crippen LogP contribution in [0.5, 0.6) is 0 Å². The summed E-state index contributed by atoms with van der Waals surface area (Å²) in [6, 6.07) is -0.371. The lowest BCUT2D eigenvalue weighted by atomic mass is 9.84. The van der Waals surface area contributed by atoms with Crippen LogP contribution in [0.4, 0.5) is 8.78 Å². The highest BCUT2D eigenvalue weighted by molar-refractivity contribution is 5.89. The molecule has 0 radical (unpaired) electrons. The van der Waals surface area contributed by atoms with Crippen LogP contribution in [0.2, 0.25) is 0 Å². The third kappa shape index (κ3) is 3.28. The summed E-state index contributed by atoms with van der Waals surface area (Å²) in [5.41, 5.74) is -0.736. The molecule has 0 aromatic rings. The van der Waals surface area contributed by atoms with Gasteiger partial charge in [0.2, 0.25) is 6.43 Å². The molecule has 2 unspecified atom stereocenters. The minimum atomic E-state index is -2.34. The number of nitrogens with zero attached hydrogens (tertiary/aromatic N) is 1. The van der Waals surface area contributed by atoms with Crippen molar-refractivity contribution in [1.29, 1.82) is 0 Å². The van der Waals surface area contributed by atoms with Crippen molar-refractivity contribution in [2.45, 2.75) is 66.0 Å². The van der Waals surface area contributed by atoms with Gasteiger partial charge in [-0.2, -0.15) is 0 Å². The van der Waals surface area contributed by atoms with Crippen LogP contribution in [0.15, 0.2) is 0 Å². The summed E-state index contributed by atoms with van der Waals surface area (Å²) in [5.74, 6) is -0.610. The number of hydrogen-bond acceptors (Lipinski definition) is 2. The van der Waals surface area contributed by atoms with E-state index in [0.717, 1.165) is 0 Å². The average molecular weight is 261 g/mol. The third-order valence-corrected chi connectivity index (χ3v) is 3.59. The Bertz CT molecular complexity index is 315. The molecule has 1 fully saturated rings. The van der Waals surface area contributed by atoms with Crippen LogP contribution < -0.4 is 0 Å². The minimum Gasteiger partial charge on any atom is -0.297 e. The molecular weight excluding hydrogens is 236 g/mol. The molecule has 0 spiro atoms. The Balaban J connectivity index is 2.97. The molecule has 1 heterocycles. The summed E-state index contributed by atoms with van der Waals surface area (Å²) in [7, 11) is 0. The van der Waals surface area contributed by atoms with Gasteiger partial charge >= 0.3 is 0 Å². The zero-order valence-corrected chi connectivity index (χ0v) is 12.3. The fourth-order valence-corrected chi connectivity index (χ4v) is 2.54. The molecule has 0 saturated carbocycles.